The van der Waals surface area contributed by atoms with E-state index in [0.29, 0.717) is 12.5 Å². The molecule has 0 radical (unpaired) electrons. The molecule has 1 fully saturated rings. The van der Waals surface area contributed by atoms with Crippen molar-refractivity contribution in [2.24, 2.45) is 23.0 Å². The van der Waals surface area contributed by atoms with Crippen LogP contribution in [0.15, 0.2) is 0 Å². The van der Waals surface area contributed by atoms with E-state index in [2.05, 4.69) is 31.1 Å². The number of amides is 1. The van der Waals surface area contributed by atoms with Crippen LogP contribution in [-0.2, 0) is 4.79 Å². The first kappa shape index (κ1) is 15.4. The average Bonchev–Trinajstić information content (AvgIpc) is 2.76. The first-order valence-corrected chi connectivity index (χ1v) is 7.07. The molecule has 1 aliphatic heterocycles. The molecule has 1 saturated heterocycles. The van der Waals surface area contributed by atoms with E-state index < -0.39 is 0 Å². The highest BCUT2D eigenvalue weighted by molar-refractivity contribution is 5.78. The Balaban J connectivity index is 2.43. The molecule has 4 nitrogen and oxygen atoms in total. The average molecular weight is 255 g/mol. The largest absolute Gasteiger partial charge is 0.355 e. The zero-order valence-electron chi connectivity index (χ0n) is 12.3. The number of hydrogen-bond acceptors (Lipinski definition) is 3. The number of hydrogen-bond donors (Lipinski definition) is 2. The van der Waals surface area contributed by atoms with Crippen LogP contribution in [0.4, 0.5) is 0 Å². The molecule has 3 N–H and O–H groups in total. The number of nitrogens with zero attached hydrogens (tertiary/aromatic N) is 1. The maximum Gasteiger partial charge on any atom is 0.224 e. The van der Waals surface area contributed by atoms with Crippen LogP contribution in [0.25, 0.3) is 0 Å². The van der Waals surface area contributed by atoms with Crippen LogP contribution in [0.5, 0.6) is 0 Å². The van der Waals surface area contributed by atoms with Gasteiger partial charge in [-0.2, -0.15) is 0 Å². The van der Waals surface area contributed by atoms with Crippen LogP contribution in [-0.4, -0.2) is 44.0 Å². The number of nitrogens with one attached hydrogen (secondary N) is 1. The first-order chi connectivity index (χ1) is 8.40. The minimum absolute atomic E-state index is 0.0351. The molecule has 1 rings (SSSR count). The molecule has 1 amide bonds. The third-order valence-electron chi connectivity index (χ3n) is 4.36. The lowest BCUT2D eigenvalue weighted by atomic mass is 9.78. The van der Waals surface area contributed by atoms with Crippen LogP contribution >= 0.6 is 0 Å². The summed E-state index contributed by atoms with van der Waals surface area (Å²) in [5, 5.41) is 3.08. The standard InChI is InChI=1S/C14H29N3O/c1-5-11(8-15)13(18)16-10-14(2,3)12-6-7-17(4)9-12/h11-12H,5-10,15H2,1-4H3,(H,16,18). The summed E-state index contributed by atoms with van der Waals surface area (Å²) < 4.78 is 0. The second kappa shape index (κ2) is 6.53. The van der Waals surface area contributed by atoms with Gasteiger partial charge in [-0.3, -0.25) is 4.79 Å². The normalized spacial score (nSPS) is 23.1. The highest BCUT2D eigenvalue weighted by Crippen LogP contribution is 2.33. The molecule has 4 heteroatoms. The minimum Gasteiger partial charge on any atom is -0.355 e. The van der Waals surface area contributed by atoms with Gasteiger partial charge in [-0.1, -0.05) is 20.8 Å². The Morgan fingerprint density at radius 3 is 2.67 bits per heavy atom. The summed E-state index contributed by atoms with van der Waals surface area (Å²) in [5.74, 6) is 0.743. The van der Waals surface area contributed by atoms with Gasteiger partial charge in [-0.25, -0.2) is 0 Å². The maximum absolute atomic E-state index is 11.9. The van der Waals surface area contributed by atoms with Crippen molar-refractivity contribution in [3.05, 3.63) is 0 Å². The van der Waals surface area contributed by atoms with Crippen molar-refractivity contribution in [3.8, 4) is 0 Å². The molecule has 0 spiro atoms. The smallest absolute Gasteiger partial charge is 0.224 e. The molecule has 0 aromatic carbocycles. The fourth-order valence-electron chi connectivity index (χ4n) is 2.64. The van der Waals surface area contributed by atoms with Gasteiger partial charge >= 0.3 is 0 Å². The molecule has 2 atom stereocenters. The van der Waals surface area contributed by atoms with E-state index in [1.165, 1.54) is 13.0 Å². The van der Waals surface area contributed by atoms with Crippen LogP contribution in [0.1, 0.15) is 33.6 Å². The molecule has 0 aliphatic carbocycles. The fraction of sp³-hybridized carbons (Fsp3) is 0.929. The third-order valence-corrected chi connectivity index (χ3v) is 4.36. The van der Waals surface area contributed by atoms with Gasteiger partial charge in [-0.05, 0) is 37.8 Å². The second-order valence-corrected chi connectivity index (χ2v) is 6.30. The molecular weight excluding hydrogens is 226 g/mol. The maximum atomic E-state index is 11.9. The van der Waals surface area contributed by atoms with Gasteiger partial charge in [0.2, 0.25) is 5.91 Å². The van der Waals surface area contributed by atoms with Gasteiger partial charge in [0.05, 0.1) is 0 Å². The van der Waals surface area contributed by atoms with Gasteiger partial charge in [0.1, 0.15) is 0 Å². The summed E-state index contributed by atoms with van der Waals surface area (Å²) in [6.07, 6.45) is 2.04. The minimum atomic E-state index is -0.0351. The summed E-state index contributed by atoms with van der Waals surface area (Å²) in [6.45, 7) is 10.0. The lowest BCUT2D eigenvalue weighted by Crippen LogP contribution is -2.43. The van der Waals surface area contributed by atoms with Gasteiger partial charge in [0.25, 0.3) is 0 Å². The Morgan fingerprint density at radius 1 is 1.56 bits per heavy atom. The van der Waals surface area contributed by atoms with Crippen molar-refractivity contribution in [2.45, 2.75) is 33.6 Å². The van der Waals surface area contributed by atoms with Crippen molar-refractivity contribution in [1.29, 1.82) is 0 Å². The van der Waals surface area contributed by atoms with E-state index >= 15 is 0 Å². The molecule has 1 heterocycles. The van der Waals surface area contributed by atoms with Gasteiger partial charge < -0.3 is 16.0 Å². The van der Waals surface area contributed by atoms with Crippen LogP contribution in [0.2, 0.25) is 0 Å². The van der Waals surface area contributed by atoms with Crippen molar-refractivity contribution in [1.82, 2.24) is 10.2 Å². The van der Waals surface area contributed by atoms with Gasteiger partial charge in [0, 0.05) is 25.6 Å². The zero-order chi connectivity index (χ0) is 13.8. The first-order valence-electron chi connectivity index (χ1n) is 7.07. The van der Waals surface area contributed by atoms with E-state index in [9.17, 15) is 4.79 Å². The highest BCUT2D eigenvalue weighted by Gasteiger charge is 2.34. The van der Waals surface area contributed by atoms with E-state index in [4.69, 9.17) is 5.73 Å². The number of nitrogens with two attached hydrogens (primary N) is 1. The predicted octanol–water partition coefficient (Wildman–Crippen LogP) is 1.07. The number of likely N-dealkylation sites (tertiary alicyclic amines) is 1. The Labute approximate surface area is 111 Å². The Hall–Kier alpha value is -0.610. The number of carbonyl (C=O) groups excluding carboxylic acids is 1. The summed E-state index contributed by atoms with van der Waals surface area (Å²) in [4.78, 5) is 14.3. The fourth-order valence-corrected chi connectivity index (χ4v) is 2.64. The van der Waals surface area contributed by atoms with E-state index in [-0.39, 0.29) is 17.2 Å². The van der Waals surface area contributed by atoms with Gasteiger partial charge in [0.15, 0.2) is 0 Å². The van der Waals surface area contributed by atoms with Crippen molar-refractivity contribution >= 4 is 5.91 Å². The Morgan fingerprint density at radius 2 is 2.22 bits per heavy atom. The van der Waals surface area contributed by atoms with Gasteiger partial charge in [-0.15, -0.1) is 0 Å². The van der Waals surface area contributed by atoms with Crippen LogP contribution in [0, 0.1) is 17.3 Å². The third kappa shape index (κ3) is 3.95. The molecule has 0 bridgehead atoms. The lowest BCUT2D eigenvalue weighted by molar-refractivity contribution is -0.125. The summed E-state index contributed by atoms with van der Waals surface area (Å²) in [6, 6.07) is 0. The lowest BCUT2D eigenvalue weighted by Gasteiger charge is -2.32. The topological polar surface area (TPSA) is 58.4 Å². The Kier molecular flexibility index (Phi) is 5.60. The number of rotatable bonds is 6. The van der Waals surface area contributed by atoms with Crippen molar-refractivity contribution in [3.63, 3.8) is 0 Å². The summed E-state index contributed by atoms with van der Waals surface area (Å²) in [5.41, 5.74) is 5.76. The molecule has 106 valence electrons. The number of carbonyl (C=O) groups is 1. The summed E-state index contributed by atoms with van der Waals surface area (Å²) >= 11 is 0. The molecule has 0 saturated carbocycles. The molecule has 18 heavy (non-hydrogen) atoms. The molecule has 2 unspecified atom stereocenters. The van der Waals surface area contributed by atoms with E-state index in [1.54, 1.807) is 0 Å². The molecule has 0 aromatic heterocycles. The monoisotopic (exact) mass is 255 g/mol. The molecular formula is C14H29N3O. The highest BCUT2D eigenvalue weighted by atomic mass is 16.1. The van der Waals surface area contributed by atoms with E-state index in [0.717, 1.165) is 19.5 Å². The molecule has 0 aromatic rings. The summed E-state index contributed by atoms with van der Waals surface area (Å²) in [7, 11) is 2.16. The van der Waals surface area contributed by atoms with Crippen molar-refractivity contribution < 1.29 is 4.79 Å². The van der Waals surface area contributed by atoms with E-state index in [1.807, 2.05) is 6.92 Å². The molecule has 1 aliphatic rings. The van der Waals surface area contributed by atoms with Crippen molar-refractivity contribution in [2.75, 3.05) is 33.2 Å². The second-order valence-electron chi connectivity index (χ2n) is 6.30. The Bertz CT molecular complexity index is 274. The quantitative estimate of drug-likeness (QED) is 0.746. The SMILES string of the molecule is CCC(CN)C(=O)NCC(C)(C)C1CCN(C)C1. The predicted molar refractivity (Wildman–Crippen MR) is 75.2 cm³/mol. The van der Waals surface area contributed by atoms with Crippen LogP contribution < -0.4 is 11.1 Å². The zero-order valence-corrected chi connectivity index (χ0v) is 12.3. The van der Waals surface area contributed by atoms with Crippen LogP contribution in [0.3, 0.4) is 0 Å².